The number of hydrogen-bond donors (Lipinski definition) is 2. The van der Waals surface area contributed by atoms with Gasteiger partial charge < -0.3 is 15.4 Å². The average molecular weight is 243 g/mol. The summed E-state index contributed by atoms with van der Waals surface area (Å²) in [4.78, 5) is 4.48. The summed E-state index contributed by atoms with van der Waals surface area (Å²) in [5.41, 5.74) is 0. The fraction of sp³-hybridized carbons (Fsp3) is 0.923. The molecule has 4 heteroatoms. The minimum Gasteiger partial charge on any atom is -0.381 e. The van der Waals surface area contributed by atoms with Gasteiger partial charge in [-0.05, 0) is 33.1 Å². The third-order valence-corrected chi connectivity index (χ3v) is 1.94. The Morgan fingerprint density at radius 3 is 2.47 bits per heavy atom. The number of nitrogens with zero attached hydrogens (tertiary/aromatic N) is 1. The molecule has 0 saturated carbocycles. The summed E-state index contributed by atoms with van der Waals surface area (Å²) in [6, 6.07) is 0.407. The Morgan fingerprint density at radius 2 is 1.94 bits per heavy atom. The quantitative estimate of drug-likeness (QED) is 0.389. The van der Waals surface area contributed by atoms with E-state index >= 15 is 0 Å². The monoisotopic (exact) mass is 243 g/mol. The van der Waals surface area contributed by atoms with Crippen LogP contribution in [0.4, 0.5) is 0 Å². The zero-order valence-corrected chi connectivity index (χ0v) is 12.0. The van der Waals surface area contributed by atoms with Crippen molar-refractivity contribution in [1.82, 2.24) is 10.6 Å². The molecule has 0 aromatic rings. The van der Waals surface area contributed by atoms with E-state index in [0.29, 0.717) is 12.0 Å². The Hall–Kier alpha value is -0.770. The third kappa shape index (κ3) is 11.5. The van der Waals surface area contributed by atoms with E-state index in [1.165, 1.54) is 0 Å². The van der Waals surface area contributed by atoms with Crippen molar-refractivity contribution in [1.29, 1.82) is 0 Å². The Kier molecular flexibility index (Phi) is 9.92. The Labute approximate surface area is 106 Å². The summed E-state index contributed by atoms with van der Waals surface area (Å²) in [5, 5.41) is 6.51. The van der Waals surface area contributed by atoms with Crippen LogP contribution in [0.1, 0.15) is 41.0 Å². The van der Waals surface area contributed by atoms with Crippen LogP contribution < -0.4 is 10.6 Å². The molecule has 0 aliphatic heterocycles. The van der Waals surface area contributed by atoms with Gasteiger partial charge in [0, 0.05) is 32.3 Å². The van der Waals surface area contributed by atoms with Gasteiger partial charge in [-0.1, -0.05) is 13.8 Å². The highest BCUT2D eigenvalue weighted by molar-refractivity contribution is 5.79. The highest BCUT2D eigenvalue weighted by Crippen LogP contribution is 1.93. The molecule has 17 heavy (non-hydrogen) atoms. The Morgan fingerprint density at radius 1 is 1.24 bits per heavy atom. The van der Waals surface area contributed by atoms with Crippen LogP contribution in [0.5, 0.6) is 0 Å². The van der Waals surface area contributed by atoms with Gasteiger partial charge in [0.15, 0.2) is 5.96 Å². The van der Waals surface area contributed by atoms with Gasteiger partial charge in [0.2, 0.25) is 0 Å². The highest BCUT2D eigenvalue weighted by Gasteiger charge is 1.98. The van der Waals surface area contributed by atoms with E-state index in [-0.39, 0.29) is 0 Å². The molecule has 0 aromatic heterocycles. The second-order valence-corrected chi connectivity index (χ2v) is 4.88. The predicted octanol–water partition coefficient (Wildman–Crippen LogP) is 2.01. The third-order valence-electron chi connectivity index (χ3n) is 1.94. The zero-order valence-electron chi connectivity index (χ0n) is 12.0. The van der Waals surface area contributed by atoms with Gasteiger partial charge >= 0.3 is 0 Å². The number of ether oxygens (including phenoxy) is 1. The maximum atomic E-state index is 5.51. The second kappa shape index (κ2) is 10.4. The van der Waals surface area contributed by atoms with Crippen LogP contribution in [-0.2, 0) is 4.74 Å². The van der Waals surface area contributed by atoms with Crippen molar-refractivity contribution < 1.29 is 4.74 Å². The molecule has 4 nitrogen and oxygen atoms in total. The molecule has 0 aromatic carbocycles. The molecule has 0 heterocycles. The van der Waals surface area contributed by atoms with Crippen LogP contribution in [0.15, 0.2) is 4.99 Å². The van der Waals surface area contributed by atoms with Crippen molar-refractivity contribution in [3.05, 3.63) is 0 Å². The van der Waals surface area contributed by atoms with Crippen molar-refractivity contribution in [3.8, 4) is 0 Å². The number of nitrogens with one attached hydrogen (secondary N) is 2. The first-order valence-corrected chi connectivity index (χ1v) is 6.68. The number of guanidine groups is 1. The van der Waals surface area contributed by atoms with Gasteiger partial charge in [-0.15, -0.1) is 0 Å². The van der Waals surface area contributed by atoms with Gasteiger partial charge in [0.05, 0.1) is 0 Å². The highest BCUT2D eigenvalue weighted by atomic mass is 16.5. The lowest BCUT2D eigenvalue weighted by atomic mass is 10.2. The molecule has 0 fully saturated rings. The van der Waals surface area contributed by atoms with Crippen molar-refractivity contribution in [3.63, 3.8) is 0 Å². The molecule has 0 amide bonds. The standard InChI is InChI=1S/C13H29N3O/c1-6-14-13(16-12(4)5)15-8-7-9-17-10-11(2)3/h11-12H,6-10H2,1-5H3,(H2,14,15,16). The van der Waals surface area contributed by atoms with Gasteiger partial charge in [-0.3, -0.25) is 4.99 Å². The number of rotatable bonds is 8. The molecule has 0 rings (SSSR count). The lowest BCUT2D eigenvalue weighted by Gasteiger charge is -2.13. The lowest BCUT2D eigenvalue weighted by molar-refractivity contribution is 0.109. The van der Waals surface area contributed by atoms with Gasteiger partial charge in [0.1, 0.15) is 0 Å². The fourth-order valence-electron chi connectivity index (χ4n) is 1.27. The molecule has 0 aliphatic rings. The van der Waals surface area contributed by atoms with Crippen LogP contribution in [-0.4, -0.2) is 38.3 Å². The molecular formula is C13H29N3O. The van der Waals surface area contributed by atoms with Gasteiger partial charge in [-0.2, -0.15) is 0 Å². The van der Waals surface area contributed by atoms with Crippen molar-refractivity contribution in [2.45, 2.75) is 47.1 Å². The molecule has 0 radical (unpaired) electrons. The molecular weight excluding hydrogens is 214 g/mol. The van der Waals surface area contributed by atoms with Gasteiger partial charge in [0.25, 0.3) is 0 Å². The fourth-order valence-corrected chi connectivity index (χ4v) is 1.27. The van der Waals surface area contributed by atoms with Gasteiger partial charge in [-0.25, -0.2) is 0 Å². The molecule has 102 valence electrons. The molecule has 0 unspecified atom stereocenters. The molecule has 0 aliphatic carbocycles. The van der Waals surface area contributed by atoms with Crippen LogP contribution in [0.2, 0.25) is 0 Å². The SMILES string of the molecule is CCNC(=NCCCOCC(C)C)NC(C)C. The van der Waals surface area contributed by atoms with Crippen LogP contribution in [0, 0.1) is 5.92 Å². The summed E-state index contributed by atoms with van der Waals surface area (Å²) < 4.78 is 5.51. The normalized spacial score (nSPS) is 12.3. The topological polar surface area (TPSA) is 45.7 Å². The second-order valence-electron chi connectivity index (χ2n) is 4.88. The van der Waals surface area contributed by atoms with Crippen molar-refractivity contribution in [2.75, 3.05) is 26.3 Å². The summed E-state index contributed by atoms with van der Waals surface area (Å²) in [7, 11) is 0. The summed E-state index contributed by atoms with van der Waals surface area (Å²) in [6.45, 7) is 13.9. The number of hydrogen-bond acceptors (Lipinski definition) is 2. The van der Waals surface area contributed by atoms with Crippen LogP contribution in [0.25, 0.3) is 0 Å². The van der Waals surface area contributed by atoms with Crippen LogP contribution in [0.3, 0.4) is 0 Å². The molecule has 0 atom stereocenters. The molecule has 0 spiro atoms. The summed E-state index contributed by atoms with van der Waals surface area (Å²) in [5.74, 6) is 1.50. The van der Waals surface area contributed by atoms with Crippen LogP contribution >= 0.6 is 0 Å². The summed E-state index contributed by atoms with van der Waals surface area (Å²) >= 11 is 0. The van der Waals surface area contributed by atoms with E-state index in [9.17, 15) is 0 Å². The minimum atomic E-state index is 0.407. The van der Waals surface area contributed by atoms with E-state index in [4.69, 9.17) is 4.74 Å². The van der Waals surface area contributed by atoms with E-state index in [2.05, 4.69) is 50.2 Å². The first-order valence-electron chi connectivity index (χ1n) is 6.68. The molecule has 0 bridgehead atoms. The predicted molar refractivity (Wildman–Crippen MR) is 74.5 cm³/mol. The Balaban J connectivity index is 3.69. The molecule has 2 N–H and O–H groups in total. The van der Waals surface area contributed by atoms with E-state index in [1.54, 1.807) is 0 Å². The van der Waals surface area contributed by atoms with Crippen molar-refractivity contribution in [2.24, 2.45) is 10.9 Å². The lowest BCUT2D eigenvalue weighted by Crippen LogP contribution is -2.41. The Bertz CT molecular complexity index is 203. The molecule has 0 saturated heterocycles. The van der Waals surface area contributed by atoms with E-state index in [1.807, 2.05) is 0 Å². The van der Waals surface area contributed by atoms with E-state index < -0.39 is 0 Å². The number of aliphatic imine (C=N–C) groups is 1. The largest absolute Gasteiger partial charge is 0.381 e. The average Bonchev–Trinajstić information content (AvgIpc) is 2.22. The smallest absolute Gasteiger partial charge is 0.191 e. The maximum Gasteiger partial charge on any atom is 0.191 e. The van der Waals surface area contributed by atoms with Crippen molar-refractivity contribution >= 4 is 5.96 Å². The summed E-state index contributed by atoms with van der Waals surface area (Å²) in [6.07, 6.45) is 0.974. The zero-order chi connectivity index (χ0) is 13.1. The first kappa shape index (κ1) is 16.2. The van der Waals surface area contributed by atoms with E-state index in [0.717, 1.165) is 38.7 Å². The minimum absolute atomic E-state index is 0.407. The first-order chi connectivity index (χ1) is 8.06. The maximum absolute atomic E-state index is 5.51.